The summed E-state index contributed by atoms with van der Waals surface area (Å²) in [4.78, 5) is 25.2. The summed E-state index contributed by atoms with van der Waals surface area (Å²) in [6, 6.07) is 19.8. The Hall–Kier alpha value is -4.46. The van der Waals surface area contributed by atoms with Gasteiger partial charge < -0.3 is 28.6 Å². The van der Waals surface area contributed by atoms with Crippen LogP contribution in [0.4, 0.5) is 4.79 Å². The molecule has 3 aromatic carbocycles. The second kappa shape index (κ2) is 8.23. The van der Waals surface area contributed by atoms with Crippen LogP contribution in [0, 0.1) is 0 Å². The Labute approximate surface area is 188 Å². The average Bonchev–Trinajstić information content (AvgIpc) is 3.30. The highest BCUT2D eigenvalue weighted by atomic mass is 16.7. The smallest absolute Gasteiger partial charge is 0.496 e. The van der Waals surface area contributed by atoms with E-state index < -0.39 is 11.7 Å². The first-order chi connectivity index (χ1) is 16.1. The van der Waals surface area contributed by atoms with Crippen LogP contribution in [0.1, 0.15) is 5.56 Å². The van der Waals surface area contributed by atoms with Crippen LogP contribution in [0.2, 0.25) is 0 Å². The van der Waals surface area contributed by atoms with Gasteiger partial charge in [-0.15, -0.1) is 0 Å². The van der Waals surface area contributed by atoms with Gasteiger partial charge in [0.25, 0.3) is 5.56 Å². The number of ether oxygens (including phenoxy) is 4. The molecule has 0 unspecified atom stereocenters. The van der Waals surface area contributed by atoms with E-state index in [2.05, 4.69) is 0 Å². The van der Waals surface area contributed by atoms with Gasteiger partial charge in [-0.3, -0.25) is 4.79 Å². The molecule has 0 saturated heterocycles. The van der Waals surface area contributed by atoms with Crippen molar-refractivity contribution in [2.45, 2.75) is 6.54 Å². The molecule has 0 fully saturated rings. The summed E-state index contributed by atoms with van der Waals surface area (Å²) in [6.45, 7) is 0.263. The van der Waals surface area contributed by atoms with Crippen molar-refractivity contribution in [3.05, 3.63) is 82.6 Å². The maximum absolute atomic E-state index is 13.6. The Bertz CT molecular complexity index is 1440. The van der Waals surface area contributed by atoms with Crippen LogP contribution >= 0.6 is 0 Å². The van der Waals surface area contributed by atoms with E-state index in [4.69, 9.17) is 18.9 Å². The van der Waals surface area contributed by atoms with Crippen molar-refractivity contribution in [1.29, 1.82) is 0 Å². The first-order valence-electron chi connectivity index (χ1n) is 10.1. The number of nitrogens with zero attached hydrogens (tertiary/aromatic N) is 1. The molecule has 8 nitrogen and oxygen atoms in total. The van der Waals surface area contributed by atoms with E-state index in [9.17, 15) is 14.7 Å². The molecule has 5 rings (SSSR count). The number of aromatic nitrogens is 1. The first-order valence-corrected chi connectivity index (χ1v) is 10.1. The molecule has 1 aliphatic heterocycles. The number of hydrogen-bond acceptors (Lipinski definition) is 6. The third-order valence-electron chi connectivity index (χ3n) is 5.50. The first kappa shape index (κ1) is 20.4. The minimum atomic E-state index is -1.58. The van der Waals surface area contributed by atoms with Crippen molar-refractivity contribution < 1.29 is 28.8 Å². The molecule has 0 atom stereocenters. The lowest BCUT2D eigenvalue weighted by Crippen LogP contribution is -2.25. The van der Waals surface area contributed by atoms with Crippen LogP contribution in [0.25, 0.3) is 22.0 Å². The van der Waals surface area contributed by atoms with Gasteiger partial charge in [-0.1, -0.05) is 42.5 Å². The number of pyridine rings is 1. The van der Waals surface area contributed by atoms with E-state index in [1.165, 1.54) is 4.57 Å². The second-order valence-corrected chi connectivity index (χ2v) is 7.36. The van der Waals surface area contributed by atoms with Crippen molar-refractivity contribution in [2.24, 2.45) is 0 Å². The maximum atomic E-state index is 13.6. The highest BCUT2D eigenvalue weighted by Crippen LogP contribution is 2.41. The van der Waals surface area contributed by atoms with Gasteiger partial charge in [0.05, 0.1) is 19.2 Å². The zero-order chi connectivity index (χ0) is 22.9. The molecule has 1 aliphatic rings. The van der Waals surface area contributed by atoms with E-state index in [0.717, 1.165) is 5.56 Å². The molecule has 8 heteroatoms. The maximum Gasteiger partial charge on any atom is 0.511 e. The lowest BCUT2D eigenvalue weighted by molar-refractivity contribution is 0.144. The van der Waals surface area contributed by atoms with Gasteiger partial charge in [0.15, 0.2) is 11.5 Å². The van der Waals surface area contributed by atoms with E-state index in [1.807, 2.05) is 42.5 Å². The monoisotopic (exact) mass is 445 g/mol. The largest absolute Gasteiger partial charge is 0.511 e. The molecule has 1 N–H and O–H groups in total. The summed E-state index contributed by atoms with van der Waals surface area (Å²) < 4.78 is 22.8. The Balaban J connectivity index is 1.79. The minimum absolute atomic E-state index is 0.0958. The zero-order valence-corrected chi connectivity index (χ0v) is 17.6. The molecule has 4 aromatic rings. The van der Waals surface area contributed by atoms with E-state index in [0.29, 0.717) is 39.3 Å². The van der Waals surface area contributed by atoms with Crippen LogP contribution in [0.3, 0.4) is 0 Å². The lowest BCUT2D eigenvalue weighted by Gasteiger charge is -2.18. The quantitative estimate of drug-likeness (QED) is 0.452. The van der Waals surface area contributed by atoms with Crippen molar-refractivity contribution in [3.8, 4) is 34.1 Å². The number of fused-ring (bicyclic) bond motifs is 2. The minimum Gasteiger partial charge on any atom is -0.496 e. The van der Waals surface area contributed by atoms with Crippen LogP contribution in [-0.2, 0) is 6.54 Å². The van der Waals surface area contributed by atoms with Gasteiger partial charge in [0.1, 0.15) is 5.75 Å². The fourth-order valence-electron chi connectivity index (χ4n) is 4.06. The van der Waals surface area contributed by atoms with Gasteiger partial charge >= 0.3 is 6.16 Å². The van der Waals surface area contributed by atoms with Gasteiger partial charge in [-0.05, 0) is 29.8 Å². The van der Waals surface area contributed by atoms with Crippen molar-refractivity contribution >= 4 is 17.1 Å². The summed E-state index contributed by atoms with van der Waals surface area (Å²) in [5, 5.41) is 10.1. The molecule has 0 radical (unpaired) electrons. The average molecular weight is 445 g/mol. The molecule has 166 valence electrons. The number of carbonyl (C=O) groups is 1. The molecule has 1 aromatic heterocycles. The molecule has 0 bridgehead atoms. The van der Waals surface area contributed by atoms with Crippen LogP contribution in [0.5, 0.6) is 23.0 Å². The third-order valence-corrected chi connectivity index (χ3v) is 5.50. The summed E-state index contributed by atoms with van der Waals surface area (Å²) in [7, 11) is 1.56. The Morgan fingerprint density at radius 3 is 2.61 bits per heavy atom. The van der Waals surface area contributed by atoms with Crippen molar-refractivity contribution in [3.63, 3.8) is 0 Å². The summed E-state index contributed by atoms with van der Waals surface area (Å²) in [5.74, 6) is 1.42. The number of para-hydroxylation sites is 2. The predicted molar refractivity (Wildman–Crippen MR) is 121 cm³/mol. The van der Waals surface area contributed by atoms with E-state index in [-0.39, 0.29) is 19.1 Å². The number of hydrogen-bond donors (Lipinski definition) is 1. The normalized spacial score (nSPS) is 12.0. The SMILES string of the molecule is COc1ccccc1Cn1c(=O)c(OC(=O)O)c(-c2ccc3c(c2)OCO3)c2ccccc21. The predicted octanol–water partition coefficient (Wildman–Crippen LogP) is 4.51. The van der Waals surface area contributed by atoms with Crippen LogP contribution < -0.4 is 24.5 Å². The third kappa shape index (κ3) is 3.61. The number of methoxy groups -OCH3 is 1. The lowest BCUT2D eigenvalue weighted by atomic mass is 9.99. The van der Waals surface area contributed by atoms with Crippen LogP contribution in [-0.4, -0.2) is 29.7 Å². The van der Waals surface area contributed by atoms with E-state index in [1.54, 1.807) is 31.4 Å². The Kier molecular flexibility index (Phi) is 5.10. The van der Waals surface area contributed by atoms with Crippen molar-refractivity contribution in [1.82, 2.24) is 4.57 Å². The van der Waals surface area contributed by atoms with Gasteiger partial charge in [0, 0.05) is 16.5 Å². The Morgan fingerprint density at radius 1 is 1.03 bits per heavy atom. The van der Waals surface area contributed by atoms with Crippen LogP contribution in [0.15, 0.2) is 71.5 Å². The number of carboxylic acid groups (broad SMARTS) is 1. The molecule has 2 heterocycles. The molecule has 0 amide bonds. The Morgan fingerprint density at radius 2 is 1.79 bits per heavy atom. The summed E-state index contributed by atoms with van der Waals surface area (Å²) in [6.07, 6.45) is -1.58. The summed E-state index contributed by atoms with van der Waals surface area (Å²) >= 11 is 0. The standard InChI is InChI=1S/C25H19NO7/c1-30-19-9-5-2-6-16(19)13-26-18-8-4-3-7-17(18)22(23(24(26)27)33-25(28)29)15-10-11-20-21(12-15)32-14-31-20/h2-12H,13-14H2,1H3,(H,28,29). The van der Waals surface area contributed by atoms with Gasteiger partial charge in [-0.25, -0.2) is 4.79 Å². The number of benzene rings is 3. The zero-order valence-electron chi connectivity index (χ0n) is 17.6. The molecule has 0 aliphatic carbocycles. The second-order valence-electron chi connectivity index (χ2n) is 7.36. The fourth-order valence-corrected chi connectivity index (χ4v) is 4.06. The molecular weight excluding hydrogens is 426 g/mol. The highest BCUT2D eigenvalue weighted by Gasteiger charge is 2.24. The van der Waals surface area contributed by atoms with Gasteiger partial charge in [-0.2, -0.15) is 0 Å². The number of rotatable bonds is 5. The topological polar surface area (TPSA) is 96.2 Å². The summed E-state index contributed by atoms with van der Waals surface area (Å²) in [5.41, 5.74) is 1.76. The molecule has 33 heavy (non-hydrogen) atoms. The molecule has 0 saturated carbocycles. The molecular formula is C25H19NO7. The highest BCUT2D eigenvalue weighted by molar-refractivity contribution is 5.99. The fraction of sp³-hybridized carbons (Fsp3) is 0.120. The van der Waals surface area contributed by atoms with Crippen molar-refractivity contribution in [2.75, 3.05) is 13.9 Å². The van der Waals surface area contributed by atoms with Gasteiger partial charge in [0.2, 0.25) is 12.5 Å². The van der Waals surface area contributed by atoms with E-state index >= 15 is 0 Å². The molecule has 0 spiro atoms.